The first kappa shape index (κ1) is 52.7. The zero-order valence-corrected chi connectivity index (χ0v) is 37.6. The lowest BCUT2D eigenvalue weighted by Gasteiger charge is -2.46. The fourth-order valence-corrected chi connectivity index (χ4v) is 10.5. The highest BCUT2D eigenvalue weighted by Crippen LogP contribution is 2.69. The van der Waals surface area contributed by atoms with E-state index in [1.807, 2.05) is 0 Å². The number of amides is 1. The number of H-pyrrole nitrogens is 1. The van der Waals surface area contributed by atoms with Crippen molar-refractivity contribution in [2.45, 2.75) is 129 Å². The zero-order valence-electron chi connectivity index (χ0n) is 36.7. The Bertz CT molecular complexity index is 1800. The predicted octanol–water partition coefficient (Wildman–Crippen LogP) is -0.352. The van der Waals surface area contributed by atoms with E-state index in [0.717, 1.165) is 18.4 Å². The second-order valence-electron chi connectivity index (χ2n) is 15.1. The van der Waals surface area contributed by atoms with E-state index in [1.54, 1.807) is 32.4 Å². The molecule has 0 spiro atoms. The van der Waals surface area contributed by atoms with Gasteiger partial charge in [0.05, 0.1) is 65.6 Å². The van der Waals surface area contributed by atoms with Crippen molar-refractivity contribution < 1.29 is 81.1 Å². The fourth-order valence-electron chi connectivity index (χ4n) is 7.20. The van der Waals surface area contributed by atoms with Crippen molar-refractivity contribution in [3.63, 3.8) is 0 Å². The summed E-state index contributed by atoms with van der Waals surface area (Å²) in [5, 5.41) is 23.5. The lowest BCUT2D eigenvalue weighted by atomic mass is 9.96. The molecule has 1 aromatic heterocycles. The van der Waals surface area contributed by atoms with Crippen LogP contribution in [0.2, 0.25) is 0 Å². The van der Waals surface area contributed by atoms with Gasteiger partial charge in [-0.15, -0.1) is 0 Å². The summed E-state index contributed by atoms with van der Waals surface area (Å²) >= 11 is 0. The number of esters is 3. The van der Waals surface area contributed by atoms with Gasteiger partial charge in [0.15, 0.2) is 18.5 Å². The molecule has 0 saturated carbocycles. The Morgan fingerprint density at radius 1 is 0.887 bits per heavy atom. The van der Waals surface area contributed by atoms with Crippen LogP contribution in [-0.4, -0.2) is 169 Å². The summed E-state index contributed by atoms with van der Waals surface area (Å²) in [6.45, 7) is 12.5. The van der Waals surface area contributed by atoms with Crippen molar-refractivity contribution in [2.24, 2.45) is 0 Å². The summed E-state index contributed by atoms with van der Waals surface area (Å²) in [5.74, 6) is -2.62. The third-order valence-electron chi connectivity index (χ3n) is 9.54. The zero-order chi connectivity index (χ0) is 46.4. The average Bonchev–Trinajstić information content (AvgIpc) is 3.52. The van der Waals surface area contributed by atoms with E-state index in [9.17, 15) is 39.0 Å². The van der Waals surface area contributed by atoms with Gasteiger partial charge in [0, 0.05) is 58.0 Å². The van der Waals surface area contributed by atoms with Gasteiger partial charge < -0.3 is 62.7 Å². The third kappa shape index (κ3) is 13.9. The van der Waals surface area contributed by atoms with E-state index in [4.69, 9.17) is 47.2 Å². The largest absolute Gasteiger partial charge is 0.463 e. The summed E-state index contributed by atoms with van der Waals surface area (Å²) in [4.78, 5) is 75.4. The molecule has 2 aliphatic rings. The number of hydrogen-bond acceptors (Lipinski definition) is 19. The van der Waals surface area contributed by atoms with Crippen LogP contribution >= 0.6 is 7.52 Å². The molecule has 4 N–H and O–H groups in total. The highest BCUT2D eigenvalue weighted by atomic mass is 31.2. The summed E-state index contributed by atoms with van der Waals surface area (Å²) in [5.41, 5.74) is -3.59. The highest BCUT2D eigenvalue weighted by Gasteiger charge is 2.64. The molecule has 0 aliphatic carbocycles. The minimum absolute atomic E-state index is 0.0416. The van der Waals surface area contributed by atoms with Gasteiger partial charge in [0.1, 0.15) is 24.9 Å². The predicted molar refractivity (Wildman–Crippen MR) is 215 cm³/mol. The molecular formula is C38H63N4O19P. The maximum absolute atomic E-state index is 15.4. The number of nitrogens with one attached hydrogen (secondary N) is 2. The first-order valence-electron chi connectivity index (χ1n) is 20.3. The topological polar surface area (TPSA) is 288 Å². The maximum atomic E-state index is 15.4. The normalized spacial score (nSPS) is 26.1. The lowest BCUT2D eigenvalue weighted by molar-refractivity contribution is -0.279. The molecule has 23 nitrogen and oxygen atoms in total. The van der Waals surface area contributed by atoms with Crippen LogP contribution in [0.15, 0.2) is 15.8 Å². The highest BCUT2D eigenvalue weighted by molar-refractivity contribution is 7.57. The second kappa shape index (κ2) is 24.5. The number of carbonyl (C=O) groups is 4. The summed E-state index contributed by atoms with van der Waals surface area (Å²) in [6.07, 6.45) is -6.58. The van der Waals surface area contributed by atoms with E-state index in [0.29, 0.717) is 0 Å². The molecule has 354 valence electrons. The molecule has 2 aliphatic heterocycles. The minimum Gasteiger partial charge on any atom is -0.463 e. The molecule has 3 rings (SSSR count). The number of aliphatic hydroxyl groups is 2. The van der Waals surface area contributed by atoms with Crippen LogP contribution < -0.4 is 16.6 Å². The molecule has 0 radical (unpaired) electrons. The molecule has 24 heteroatoms. The van der Waals surface area contributed by atoms with Crippen molar-refractivity contribution in [1.82, 2.24) is 19.5 Å². The maximum Gasteiger partial charge on any atom is 0.331 e. The number of aryl methyl sites for hydroxylation is 1. The molecule has 62 heavy (non-hydrogen) atoms. The Kier molecular flexibility index (Phi) is 20.8. The molecule has 0 bridgehead atoms. The molecule has 1 unspecified atom stereocenters. The number of aromatic nitrogens is 2. The number of rotatable bonds is 25. The van der Waals surface area contributed by atoms with Crippen LogP contribution in [0.3, 0.4) is 0 Å². The number of ether oxygens (including phenoxy) is 9. The van der Waals surface area contributed by atoms with E-state index in [1.165, 1.54) is 27.0 Å². The van der Waals surface area contributed by atoms with Crippen molar-refractivity contribution in [3.05, 3.63) is 32.6 Å². The van der Waals surface area contributed by atoms with Gasteiger partial charge in [0.25, 0.3) is 5.56 Å². The van der Waals surface area contributed by atoms with Crippen molar-refractivity contribution in [2.75, 3.05) is 66.1 Å². The van der Waals surface area contributed by atoms with E-state index >= 15 is 4.57 Å². The SMILES string of the molecule is CC(=O)N[C@H]1[C@H](OCCOCCOCCOCCOP(=O)(N(C(C)C)C(C)C)[C@]2(n3cc(C)c(=O)[nH]c3=O)C[C@H](O)[C@@H](CO)O2)O[C@H](COC(C)=O)[C@H](OC(C)=O)[C@@H]1OC(C)=O. The molecular weight excluding hydrogens is 847 g/mol. The van der Waals surface area contributed by atoms with Gasteiger partial charge in [-0.1, -0.05) is 0 Å². The van der Waals surface area contributed by atoms with Crippen LogP contribution in [0, 0.1) is 6.92 Å². The summed E-state index contributed by atoms with van der Waals surface area (Å²) < 4.78 is 74.8. The quantitative estimate of drug-likeness (QED) is 0.0422. The number of carbonyl (C=O) groups excluding carboxylic acids is 4. The van der Waals surface area contributed by atoms with Gasteiger partial charge in [-0.2, -0.15) is 0 Å². The summed E-state index contributed by atoms with van der Waals surface area (Å²) in [6, 6.07) is -1.95. The Hall–Kier alpha value is -3.61. The van der Waals surface area contributed by atoms with Gasteiger partial charge in [0.2, 0.25) is 11.4 Å². The Labute approximate surface area is 359 Å². The van der Waals surface area contributed by atoms with Crippen LogP contribution in [0.5, 0.6) is 0 Å². The standard InChI is InChI=1S/C38H63N4O19P/c1-22(2)42(23(3)4)62(51,38(18-29(48)30(20-43)61-38)41-19-24(5)35(49)40-37(41)50)57-17-15-54-13-11-52-10-12-53-14-16-55-36-32(39-25(6)44)34(59-28(9)47)33(58-27(8)46)31(60-36)21-56-26(7)45/h19,22-23,29-34,36,43,48H,10-18,20-21H2,1-9H3,(H,39,44)(H,40,49,50)/t29-,30+,31+,32+,33-,34+,36+,38-,62?/m0/s1. The third-order valence-corrected chi connectivity index (χ3v) is 13.0. The van der Waals surface area contributed by atoms with Crippen molar-refractivity contribution >= 4 is 31.3 Å². The molecule has 2 fully saturated rings. The average molecular weight is 911 g/mol. The fraction of sp³-hybridized carbons (Fsp3) is 0.789. The first-order chi connectivity index (χ1) is 29.2. The van der Waals surface area contributed by atoms with Crippen LogP contribution in [0.4, 0.5) is 0 Å². The lowest BCUT2D eigenvalue weighted by Crippen LogP contribution is -2.66. The van der Waals surface area contributed by atoms with Gasteiger partial charge in [-0.25, -0.2) is 9.46 Å². The van der Waals surface area contributed by atoms with Gasteiger partial charge in [-0.05, 0) is 34.6 Å². The number of nitrogens with zero attached hydrogens (tertiary/aromatic N) is 2. The van der Waals surface area contributed by atoms with E-state index < -0.39 is 116 Å². The van der Waals surface area contributed by atoms with Crippen molar-refractivity contribution in [3.8, 4) is 0 Å². The van der Waals surface area contributed by atoms with Crippen LogP contribution in [-0.2, 0) is 76.4 Å². The molecule has 1 amide bonds. The Balaban J connectivity index is 1.54. The van der Waals surface area contributed by atoms with Crippen LogP contribution in [0.1, 0.15) is 67.4 Å². The van der Waals surface area contributed by atoms with E-state index in [2.05, 4.69) is 10.3 Å². The molecule has 9 atom stereocenters. The minimum atomic E-state index is -4.36. The van der Waals surface area contributed by atoms with E-state index in [-0.39, 0.29) is 65.0 Å². The molecule has 0 aromatic carbocycles. The van der Waals surface area contributed by atoms with Gasteiger partial charge >= 0.3 is 31.1 Å². The Morgan fingerprint density at radius 2 is 1.44 bits per heavy atom. The second-order valence-corrected chi connectivity index (χ2v) is 17.6. The molecule has 2 saturated heterocycles. The number of aromatic amines is 1. The smallest absolute Gasteiger partial charge is 0.331 e. The number of aliphatic hydroxyl groups excluding tert-OH is 2. The van der Waals surface area contributed by atoms with Crippen molar-refractivity contribution in [1.29, 1.82) is 0 Å². The number of hydrogen-bond donors (Lipinski definition) is 4. The first-order valence-corrected chi connectivity index (χ1v) is 21.8. The Morgan fingerprint density at radius 3 is 1.94 bits per heavy atom. The molecule has 3 heterocycles. The van der Waals surface area contributed by atoms with Crippen LogP contribution in [0.25, 0.3) is 0 Å². The monoisotopic (exact) mass is 910 g/mol. The molecule has 1 aromatic rings. The summed E-state index contributed by atoms with van der Waals surface area (Å²) in [7, 11) is -4.36. The van der Waals surface area contributed by atoms with Gasteiger partial charge in [-0.3, -0.25) is 38.1 Å².